The number of rotatable bonds is 1. The van der Waals surface area contributed by atoms with Crippen molar-refractivity contribution in [1.29, 1.82) is 0 Å². The second-order valence-electron chi connectivity index (χ2n) is 9.70. The number of carbonyl (C=O) groups excluding carboxylic acids is 2. The summed E-state index contributed by atoms with van der Waals surface area (Å²) in [4.78, 5) is 24.4. The molecular formula is C21H32O3. The highest BCUT2D eigenvalue weighted by molar-refractivity contribution is 5.83. The van der Waals surface area contributed by atoms with E-state index in [1.807, 2.05) is 0 Å². The van der Waals surface area contributed by atoms with Crippen molar-refractivity contribution in [2.45, 2.75) is 84.7 Å². The molecule has 0 aliphatic heterocycles. The van der Waals surface area contributed by atoms with Gasteiger partial charge in [0.05, 0.1) is 0 Å². The molecule has 0 spiro atoms. The molecule has 0 aromatic rings. The van der Waals surface area contributed by atoms with Crippen LogP contribution in [0.1, 0.15) is 78.6 Å². The van der Waals surface area contributed by atoms with Gasteiger partial charge in [-0.3, -0.25) is 9.59 Å². The number of hydrogen-bond acceptors (Lipinski definition) is 3. The Morgan fingerprint density at radius 1 is 1.08 bits per heavy atom. The maximum Gasteiger partial charge on any atom is 0.302 e. The molecule has 0 heterocycles. The van der Waals surface area contributed by atoms with E-state index in [2.05, 4.69) is 13.8 Å². The van der Waals surface area contributed by atoms with Gasteiger partial charge in [0.15, 0.2) is 0 Å². The van der Waals surface area contributed by atoms with Gasteiger partial charge in [-0.15, -0.1) is 0 Å². The molecule has 0 N–H and O–H groups in total. The summed E-state index contributed by atoms with van der Waals surface area (Å²) in [5, 5.41) is 0. The highest BCUT2D eigenvalue weighted by atomic mass is 16.5. The second-order valence-corrected chi connectivity index (χ2v) is 9.70. The van der Waals surface area contributed by atoms with Gasteiger partial charge in [-0.05, 0) is 73.5 Å². The summed E-state index contributed by atoms with van der Waals surface area (Å²) in [6, 6.07) is 0. The van der Waals surface area contributed by atoms with Crippen molar-refractivity contribution in [1.82, 2.24) is 0 Å². The van der Waals surface area contributed by atoms with E-state index in [-0.39, 0.29) is 23.4 Å². The van der Waals surface area contributed by atoms with Gasteiger partial charge in [0.1, 0.15) is 11.9 Å². The van der Waals surface area contributed by atoms with E-state index in [4.69, 9.17) is 4.74 Å². The highest BCUT2D eigenvalue weighted by Crippen LogP contribution is 2.65. The molecule has 0 aromatic carbocycles. The van der Waals surface area contributed by atoms with Crippen LogP contribution in [0.25, 0.3) is 0 Å². The maximum atomic E-state index is 13.1. The predicted octanol–water partition coefficient (Wildman–Crippen LogP) is 4.53. The van der Waals surface area contributed by atoms with Crippen molar-refractivity contribution in [3.63, 3.8) is 0 Å². The zero-order chi connectivity index (χ0) is 17.1. The predicted molar refractivity (Wildman–Crippen MR) is 92.3 cm³/mol. The molecular weight excluding hydrogens is 300 g/mol. The Kier molecular flexibility index (Phi) is 3.85. The van der Waals surface area contributed by atoms with Gasteiger partial charge in [0.2, 0.25) is 0 Å². The van der Waals surface area contributed by atoms with Crippen LogP contribution in [-0.2, 0) is 14.3 Å². The molecule has 0 amide bonds. The molecule has 0 aromatic heterocycles. The van der Waals surface area contributed by atoms with Crippen LogP contribution in [0.15, 0.2) is 0 Å². The van der Waals surface area contributed by atoms with Crippen LogP contribution in [0.3, 0.4) is 0 Å². The number of esters is 1. The van der Waals surface area contributed by atoms with E-state index >= 15 is 0 Å². The average Bonchev–Trinajstić information content (AvgIpc) is 2.90. The van der Waals surface area contributed by atoms with Crippen LogP contribution in [0, 0.1) is 34.5 Å². The Morgan fingerprint density at radius 2 is 1.88 bits per heavy atom. The van der Waals surface area contributed by atoms with Crippen molar-refractivity contribution < 1.29 is 14.3 Å². The van der Waals surface area contributed by atoms with E-state index in [9.17, 15) is 9.59 Å². The minimum absolute atomic E-state index is 0.0404. The minimum atomic E-state index is -0.205. The highest BCUT2D eigenvalue weighted by Gasteiger charge is 2.60. The number of ketones is 1. The fourth-order valence-electron chi connectivity index (χ4n) is 7.34. The summed E-state index contributed by atoms with van der Waals surface area (Å²) in [6.45, 7) is 6.35. The molecule has 0 radical (unpaired) electrons. The van der Waals surface area contributed by atoms with Crippen LogP contribution in [0.4, 0.5) is 0 Å². The summed E-state index contributed by atoms with van der Waals surface area (Å²) >= 11 is 0. The molecule has 24 heavy (non-hydrogen) atoms. The Morgan fingerprint density at radius 3 is 2.62 bits per heavy atom. The number of fused-ring (bicyclic) bond motifs is 5. The van der Waals surface area contributed by atoms with E-state index < -0.39 is 0 Å². The van der Waals surface area contributed by atoms with Crippen LogP contribution in [0.2, 0.25) is 0 Å². The van der Waals surface area contributed by atoms with Gasteiger partial charge in [0, 0.05) is 19.3 Å². The molecule has 3 heteroatoms. The summed E-state index contributed by atoms with van der Waals surface area (Å²) < 4.78 is 5.46. The van der Waals surface area contributed by atoms with Gasteiger partial charge in [0.25, 0.3) is 0 Å². The first-order valence-corrected chi connectivity index (χ1v) is 10.0. The van der Waals surface area contributed by atoms with Crippen molar-refractivity contribution in [2.24, 2.45) is 34.5 Å². The summed E-state index contributed by atoms with van der Waals surface area (Å²) in [5.41, 5.74) is 0.639. The first-order chi connectivity index (χ1) is 11.3. The Hall–Kier alpha value is -0.860. The molecule has 4 aliphatic rings. The van der Waals surface area contributed by atoms with Crippen LogP contribution >= 0.6 is 0 Å². The summed E-state index contributed by atoms with van der Waals surface area (Å²) in [7, 11) is 0. The van der Waals surface area contributed by atoms with E-state index in [1.165, 1.54) is 39.0 Å². The largest absolute Gasteiger partial charge is 0.463 e. The number of ether oxygens (including phenoxy) is 1. The topological polar surface area (TPSA) is 43.4 Å². The number of hydrogen-bond donors (Lipinski definition) is 0. The molecule has 4 rings (SSSR count). The van der Waals surface area contributed by atoms with Crippen molar-refractivity contribution in [2.75, 3.05) is 0 Å². The van der Waals surface area contributed by atoms with E-state index in [0.717, 1.165) is 31.6 Å². The average molecular weight is 332 g/mol. The quantitative estimate of drug-likeness (QED) is 0.663. The van der Waals surface area contributed by atoms with Gasteiger partial charge in [-0.2, -0.15) is 0 Å². The van der Waals surface area contributed by atoms with E-state index in [0.29, 0.717) is 23.0 Å². The van der Waals surface area contributed by atoms with Crippen molar-refractivity contribution in [3.8, 4) is 0 Å². The second kappa shape index (κ2) is 5.57. The Balaban J connectivity index is 1.59. The van der Waals surface area contributed by atoms with Crippen LogP contribution in [-0.4, -0.2) is 17.9 Å². The zero-order valence-electron chi connectivity index (χ0n) is 15.5. The molecule has 4 saturated carbocycles. The summed E-state index contributed by atoms with van der Waals surface area (Å²) in [6.07, 6.45) is 10.2. The van der Waals surface area contributed by atoms with Crippen LogP contribution < -0.4 is 0 Å². The third kappa shape index (κ3) is 2.37. The number of Topliss-reactive ketones (excluding diaryl/α,β-unsaturated/α-hetero) is 1. The lowest BCUT2D eigenvalue weighted by Gasteiger charge is -2.59. The minimum Gasteiger partial charge on any atom is -0.463 e. The van der Waals surface area contributed by atoms with Gasteiger partial charge in [-0.25, -0.2) is 0 Å². The fourth-order valence-corrected chi connectivity index (χ4v) is 7.34. The van der Waals surface area contributed by atoms with Crippen LogP contribution in [0.5, 0.6) is 0 Å². The molecule has 0 bridgehead atoms. The monoisotopic (exact) mass is 332 g/mol. The summed E-state index contributed by atoms with van der Waals surface area (Å²) in [5.74, 6) is 2.46. The lowest BCUT2D eigenvalue weighted by Crippen LogP contribution is -2.56. The molecule has 134 valence electrons. The SMILES string of the molecule is CC(=O)O[C@@H]1CC[C@@]2(C)[C@H](C1)C(=O)C[C@@H]1[C@H]2CC[C@]2(C)CCC[C@@H]12. The third-order valence-electron chi connectivity index (χ3n) is 8.52. The van der Waals surface area contributed by atoms with Gasteiger partial charge in [-0.1, -0.05) is 20.3 Å². The molecule has 7 atom stereocenters. The fraction of sp³-hybridized carbons (Fsp3) is 0.905. The zero-order valence-corrected chi connectivity index (χ0v) is 15.5. The van der Waals surface area contributed by atoms with E-state index in [1.54, 1.807) is 0 Å². The first-order valence-electron chi connectivity index (χ1n) is 10.0. The number of carbonyl (C=O) groups is 2. The maximum absolute atomic E-state index is 13.1. The van der Waals surface area contributed by atoms with Crippen molar-refractivity contribution >= 4 is 11.8 Å². The molecule has 0 saturated heterocycles. The molecule has 3 nitrogen and oxygen atoms in total. The smallest absolute Gasteiger partial charge is 0.302 e. The molecule has 4 fully saturated rings. The van der Waals surface area contributed by atoms with Gasteiger partial charge >= 0.3 is 5.97 Å². The lowest BCUT2D eigenvalue weighted by molar-refractivity contribution is -0.167. The Bertz CT molecular complexity index is 555. The first kappa shape index (κ1) is 16.6. The molecule has 4 aliphatic carbocycles. The van der Waals surface area contributed by atoms with Crippen molar-refractivity contribution in [3.05, 3.63) is 0 Å². The Labute approximate surface area is 145 Å². The lowest BCUT2D eigenvalue weighted by atomic mass is 9.45. The standard InChI is InChI=1S/C21H32O3/c1-13(22)24-14-6-10-21(3)17-7-9-20(2)8-4-5-16(20)15(17)12-19(23)18(21)11-14/h14-18H,4-12H2,1-3H3/t14-,15+,16+,17-,18-,20+,21-/m1/s1. The molecule has 0 unspecified atom stereocenters. The van der Waals surface area contributed by atoms with Gasteiger partial charge < -0.3 is 4.74 Å². The normalized spacial score (nSPS) is 50.6. The third-order valence-corrected chi connectivity index (χ3v) is 8.52.